The molecule has 0 saturated heterocycles. The topological polar surface area (TPSA) is 115 Å². The zero-order valence-corrected chi connectivity index (χ0v) is 13.5. The Labute approximate surface area is 129 Å². The Morgan fingerprint density at radius 3 is 1.05 bits per heavy atom. The molecule has 2 aromatic rings. The van der Waals surface area contributed by atoms with Crippen LogP contribution in [0, 0.1) is 0 Å². The van der Waals surface area contributed by atoms with Crippen LogP contribution in [0.25, 0.3) is 12.2 Å². The Morgan fingerprint density at radius 1 is 0.591 bits per heavy atom. The summed E-state index contributed by atoms with van der Waals surface area (Å²) < 4.78 is 17.5. The zero-order chi connectivity index (χ0) is 16.8. The van der Waals surface area contributed by atoms with E-state index in [-0.39, 0.29) is 0 Å². The highest BCUT2D eigenvalue weighted by Crippen LogP contribution is 2.06. The quantitative estimate of drug-likeness (QED) is 0.492. The third-order valence-corrected chi connectivity index (χ3v) is 2.07. The molecule has 0 aliphatic rings. The molecule has 0 heterocycles. The summed E-state index contributed by atoms with van der Waals surface area (Å²) in [5.41, 5.74) is 2.47. The van der Waals surface area contributed by atoms with Crippen molar-refractivity contribution in [3.63, 3.8) is 0 Å². The molecule has 0 aliphatic heterocycles. The molecule has 0 aromatic heterocycles. The Kier molecular flexibility index (Phi) is 12.3. The van der Waals surface area contributed by atoms with Gasteiger partial charge in [-0.15, -0.1) is 0 Å². The predicted molar refractivity (Wildman–Crippen MR) is 88.7 cm³/mol. The van der Waals surface area contributed by atoms with Crippen molar-refractivity contribution in [1.82, 2.24) is 0 Å². The van der Waals surface area contributed by atoms with Crippen LogP contribution in [-0.2, 0) is 9.13 Å². The monoisotopic (exact) mass is 344 g/mol. The van der Waals surface area contributed by atoms with Gasteiger partial charge in [0.15, 0.2) is 0 Å². The van der Waals surface area contributed by atoms with Crippen LogP contribution in [-0.4, -0.2) is 19.6 Å². The Balaban J connectivity index is 0.000000464. The van der Waals surface area contributed by atoms with E-state index < -0.39 is 16.5 Å². The summed E-state index contributed by atoms with van der Waals surface area (Å²) in [7, 11) is -6.26. The van der Waals surface area contributed by atoms with Gasteiger partial charge >= 0.3 is 16.5 Å². The summed E-state index contributed by atoms with van der Waals surface area (Å²) in [4.78, 5) is 28.6. The van der Waals surface area contributed by atoms with E-state index in [2.05, 4.69) is 36.4 Å². The molecule has 120 valence electrons. The van der Waals surface area contributed by atoms with Crippen molar-refractivity contribution >= 4 is 28.7 Å². The lowest BCUT2D eigenvalue weighted by atomic mass is 10.1. The van der Waals surface area contributed by atoms with Gasteiger partial charge in [0.25, 0.3) is 0 Å². The molecule has 8 heteroatoms. The molecule has 0 amide bonds. The standard InChI is InChI=1S/C14H12.2H3O3P/c1-3-7-13(8-4-1)11-12-14-9-5-2-6-10-14;2*1-4(2)3/h1-12H;2*4H,(H2,1,2,3)/b12-11+;;. The van der Waals surface area contributed by atoms with Crippen LogP contribution in [0.4, 0.5) is 0 Å². The van der Waals surface area contributed by atoms with Crippen molar-refractivity contribution in [3.8, 4) is 0 Å². The molecular weight excluding hydrogens is 326 g/mol. The minimum absolute atomic E-state index is 1.23. The molecular formula is C14H18O6P2. The average molecular weight is 344 g/mol. The maximum atomic E-state index is 8.74. The number of rotatable bonds is 2. The minimum Gasteiger partial charge on any atom is -0.326 e. The number of hydrogen-bond acceptors (Lipinski definition) is 2. The summed E-state index contributed by atoms with van der Waals surface area (Å²) >= 11 is 0. The Bertz CT molecular complexity index is 525. The van der Waals surface area contributed by atoms with Crippen molar-refractivity contribution in [1.29, 1.82) is 0 Å². The second-order valence-corrected chi connectivity index (χ2v) is 4.85. The van der Waals surface area contributed by atoms with Gasteiger partial charge in [0.2, 0.25) is 0 Å². The zero-order valence-electron chi connectivity index (χ0n) is 11.5. The molecule has 2 aromatic carbocycles. The molecule has 6 nitrogen and oxygen atoms in total. The van der Waals surface area contributed by atoms with E-state index in [9.17, 15) is 0 Å². The lowest BCUT2D eigenvalue weighted by molar-refractivity contribution is 0.403. The summed E-state index contributed by atoms with van der Waals surface area (Å²) in [6.45, 7) is 0. The fourth-order valence-corrected chi connectivity index (χ4v) is 1.32. The minimum atomic E-state index is -3.13. The SMILES string of the molecule is C(=C\c1ccccc1)/c1ccccc1.O=[PH](O)O.O=[PH](O)O. The van der Waals surface area contributed by atoms with Gasteiger partial charge in [0, 0.05) is 0 Å². The van der Waals surface area contributed by atoms with E-state index in [1.807, 2.05) is 36.4 Å². The maximum absolute atomic E-state index is 8.74. The van der Waals surface area contributed by atoms with Crippen molar-refractivity contribution in [2.45, 2.75) is 0 Å². The first-order valence-electron chi connectivity index (χ1n) is 6.03. The van der Waals surface area contributed by atoms with E-state index in [1.54, 1.807) is 0 Å². The summed E-state index contributed by atoms with van der Waals surface area (Å²) in [6.07, 6.45) is 4.24. The van der Waals surface area contributed by atoms with E-state index in [0.29, 0.717) is 0 Å². The molecule has 0 fully saturated rings. The third-order valence-electron chi connectivity index (χ3n) is 2.07. The Morgan fingerprint density at radius 2 is 0.818 bits per heavy atom. The fraction of sp³-hybridized carbons (Fsp3) is 0. The number of benzene rings is 2. The van der Waals surface area contributed by atoms with Gasteiger partial charge in [-0.3, -0.25) is 9.13 Å². The van der Waals surface area contributed by atoms with Gasteiger partial charge in [0.05, 0.1) is 0 Å². The smallest absolute Gasteiger partial charge is 0.314 e. The summed E-state index contributed by atoms with van der Waals surface area (Å²) in [6, 6.07) is 20.6. The van der Waals surface area contributed by atoms with Gasteiger partial charge in [-0.05, 0) is 11.1 Å². The van der Waals surface area contributed by atoms with E-state index >= 15 is 0 Å². The van der Waals surface area contributed by atoms with Crippen LogP contribution < -0.4 is 0 Å². The van der Waals surface area contributed by atoms with Gasteiger partial charge < -0.3 is 19.6 Å². The maximum Gasteiger partial charge on any atom is 0.314 e. The summed E-state index contributed by atoms with van der Waals surface area (Å²) in [5, 5.41) is 0. The second kappa shape index (κ2) is 13.2. The first-order chi connectivity index (χ1) is 10.4. The first-order valence-corrected chi connectivity index (χ1v) is 8.64. The first kappa shape index (κ1) is 20.5. The van der Waals surface area contributed by atoms with E-state index in [1.165, 1.54) is 11.1 Å². The van der Waals surface area contributed by atoms with Gasteiger partial charge in [0.1, 0.15) is 0 Å². The molecule has 0 saturated carbocycles. The highest BCUT2D eigenvalue weighted by atomic mass is 31.1. The van der Waals surface area contributed by atoms with Crippen molar-refractivity contribution in [2.24, 2.45) is 0 Å². The predicted octanol–water partition coefficient (Wildman–Crippen LogP) is 2.58. The molecule has 2 rings (SSSR count). The largest absolute Gasteiger partial charge is 0.326 e. The fourth-order valence-electron chi connectivity index (χ4n) is 1.32. The van der Waals surface area contributed by atoms with Crippen molar-refractivity contribution in [3.05, 3.63) is 71.8 Å². The lowest BCUT2D eigenvalue weighted by Crippen LogP contribution is -1.70. The molecule has 0 bridgehead atoms. The van der Waals surface area contributed by atoms with Crippen LogP contribution in [0.3, 0.4) is 0 Å². The van der Waals surface area contributed by atoms with E-state index in [4.69, 9.17) is 28.7 Å². The van der Waals surface area contributed by atoms with Crippen molar-refractivity contribution < 1.29 is 28.7 Å². The van der Waals surface area contributed by atoms with Crippen LogP contribution in [0.1, 0.15) is 11.1 Å². The summed E-state index contributed by atoms with van der Waals surface area (Å²) in [5.74, 6) is 0. The lowest BCUT2D eigenvalue weighted by Gasteiger charge is -1.92. The molecule has 0 atom stereocenters. The molecule has 0 unspecified atom stereocenters. The van der Waals surface area contributed by atoms with Gasteiger partial charge in [-0.25, -0.2) is 0 Å². The second-order valence-electron chi connectivity index (χ2n) is 3.72. The Hall–Kier alpha value is -1.52. The molecule has 0 aliphatic carbocycles. The average Bonchev–Trinajstić information content (AvgIpc) is 2.46. The number of hydrogen-bond donors (Lipinski definition) is 4. The van der Waals surface area contributed by atoms with Crippen LogP contribution in [0.2, 0.25) is 0 Å². The van der Waals surface area contributed by atoms with Crippen molar-refractivity contribution in [2.75, 3.05) is 0 Å². The van der Waals surface area contributed by atoms with Crippen LogP contribution >= 0.6 is 16.5 Å². The molecule has 22 heavy (non-hydrogen) atoms. The van der Waals surface area contributed by atoms with Crippen LogP contribution in [0.5, 0.6) is 0 Å². The third kappa shape index (κ3) is 14.9. The molecule has 0 radical (unpaired) electrons. The van der Waals surface area contributed by atoms with Gasteiger partial charge in [-0.1, -0.05) is 72.8 Å². The molecule has 4 N–H and O–H groups in total. The normalized spacial score (nSPS) is 9.91. The van der Waals surface area contributed by atoms with Gasteiger partial charge in [-0.2, -0.15) is 0 Å². The van der Waals surface area contributed by atoms with Crippen LogP contribution in [0.15, 0.2) is 60.7 Å². The highest BCUT2D eigenvalue weighted by Gasteiger charge is 1.84. The van der Waals surface area contributed by atoms with E-state index in [0.717, 1.165) is 0 Å². The molecule has 0 spiro atoms. The highest BCUT2D eigenvalue weighted by molar-refractivity contribution is 7.31.